The summed E-state index contributed by atoms with van der Waals surface area (Å²) in [6, 6.07) is 8.17. The zero-order valence-corrected chi connectivity index (χ0v) is 13.3. The zero-order valence-electron chi connectivity index (χ0n) is 11.6. The van der Waals surface area contributed by atoms with E-state index in [1.54, 1.807) is 43.6 Å². The van der Waals surface area contributed by atoms with Crippen molar-refractivity contribution in [2.24, 2.45) is 5.73 Å². The smallest absolute Gasteiger partial charge is 0.264 e. The van der Waals surface area contributed by atoms with Crippen molar-refractivity contribution in [2.45, 2.75) is 11.8 Å². The van der Waals surface area contributed by atoms with Crippen molar-refractivity contribution in [1.29, 1.82) is 0 Å². The molecule has 2 rings (SSSR count). The molecule has 0 fully saturated rings. The van der Waals surface area contributed by atoms with Crippen molar-refractivity contribution in [3.8, 4) is 0 Å². The summed E-state index contributed by atoms with van der Waals surface area (Å²) in [5.74, 6) is 0. The minimum atomic E-state index is -3.69. The van der Waals surface area contributed by atoms with Crippen LogP contribution in [0.1, 0.15) is 11.1 Å². The van der Waals surface area contributed by atoms with Crippen LogP contribution in [-0.4, -0.2) is 25.4 Å². The predicted octanol–water partition coefficient (Wildman–Crippen LogP) is 1.85. The van der Waals surface area contributed by atoms with E-state index >= 15 is 0 Å². The van der Waals surface area contributed by atoms with E-state index in [1.165, 1.54) is 17.4 Å². The lowest BCUT2D eigenvalue weighted by Crippen LogP contribution is -2.27. The number of thiocarbonyl (C=S) groups is 1. The fourth-order valence-corrected chi connectivity index (χ4v) is 3.44. The van der Waals surface area contributed by atoms with Crippen LogP contribution >= 0.6 is 12.2 Å². The molecule has 5 nitrogen and oxygen atoms in total. The highest BCUT2D eigenvalue weighted by Gasteiger charge is 2.23. The SMILES string of the molecule is Cc1ccc(C(N)=S)cc1S(=O)(=O)N(C)c1ccncc1. The highest BCUT2D eigenvalue weighted by atomic mass is 32.2. The van der Waals surface area contributed by atoms with Gasteiger partial charge in [0, 0.05) is 25.0 Å². The number of aryl methyl sites for hydroxylation is 1. The number of sulfonamides is 1. The summed E-state index contributed by atoms with van der Waals surface area (Å²) >= 11 is 4.91. The monoisotopic (exact) mass is 321 g/mol. The van der Waals surface area contributed by atoms with Crippen molar-refractivity contribution in [2.75, 3.05) is 11.4 Å². The maximum absolute atomic E-state index is 12.7. The van der Waals surface area contributed by atoms with E-state index in [2.05, 4.69) is 4.98 Å². The molecule has 0 unspecified atom stereocenters. The second kappa shape index (κ2) is 5.79. The van der Waals surface area contributed by atoms with Gasteiger partial charge in [-0.3, -0.25) is 9.29 Å². The standard InChI is InChI=1S/C14H15N3O2S2/c1-10-3-4-11(14(15)20)9-13(10)21(18,19)17(2)12-5-7-16-8-6-12/h3-9H,1-2H3,(H2,15,20). The van der Waals surface area contributed by atoms with Crippen LogP contribution in [0.4, 0.5) is 5.69 Å². The van der Waals surface area contributed by atoms with Crippen LogP contribution in [0, 0.1) is 6.92 Å². The zero-order chi connectivity index (χ0) is 15.6. The summed E-state index contributed by atoms with van der Waals surface area (Å²) in [6.45, 7) is 1.73. The molecular weight excluding hydrogens is 306 g/mol. The van der Waals surface area contributed by atoms with Gasteiger partial charge in [-0.2, -0.15) is 0 Å². The average molecular weight is 321 g/mol. The van der Waals surface area contributed by atoms with Crippen molar-refractivity contribution >= 4 is 32.9 Å². The summed E-state index contributed by atoms with van der Waals surface area (Å²) < 4.78 is 26.7. The fraction of sp³-hybridized carbons (Fsp3) is 0.143. The van der Waals surface area contributed by atoms with Crippen molar-refractivity contribution in [3.63, 3.8) is 0 Å². The number of aromatic nitrogens is 1. The fourth-order valence-electron chi connectivity index (χ4n) is 1.87. The summed E-state index contributed by atoms with van der Waals surface area (Å²) in [6.07, 6.45) is 3.08. The molecule has 1 aromatic heterocycles. The Balaban J connectivity index is 2.54. The lowest BCUT2D eigenvalue weighted by Gasteiger charge is -2.20. The topological polar surface area (TPSA) is 76.3 Å². The van der Waals surface area contributed by atoms with Gasteiger partial charge in [0.1, 0.15) is 4.99 Å². The van der Waals surface area contributed by atoms with Gasteiger partial charge < -0.3 is 5.73 Å². The highest BCUT2D eigenvalue weighted by molar-refractivity contribution is 7.92. The first kappa shape index (κ1) is 15.4. The Morgan fingerprint density at radius 1 is 1.24 bits per heavy atom. The molecule has 0 saturated carbocycles. The van der Waals surface area contributed by atoms with Gasteiger partial charge in [-0.1, -0.05) is 24.4 Å². The Labute approximate surface area is 129 Å². The van der Waals surface area contributed by atoms with E-state index in [9.17, 15) is 8.42 Å². The summed E-state index contributed by atoms with van der Waals surface area (Å²) in [5, 5.41) is 0. The first-order chi connectivity index (χ1) is 9.84. The van der Waals surface area contributed by atoms with Crippen LogP contribution in [-0.2, 0) is 10.0 Å². The van der Waals surface area contributed by atoms with Crippen LogP contribution < -0.4 is 10.0 Å². The molecule has 0 bridgehead atoms. The number of anilines is 1. The normalized spacial score (nSPS) is 11.1. The highest BCUT2D eigenvalue weighted by Crippen LogP contribution is 2.24. The third-order valence-electron chi connectivity index (χ3n) is 3.14. The molecule has 0 aliphatic heterocycles. The van der Waals surface area contributed by atoms with E-state index in [1.807, 2.05) is 0 Å². The second-order valence-electron chi connectivity index (χ2n) is 4.52. The molecule has 2 N–H and O–H groups in total. The lowest BCUT2D eigenvalue weighted by molar-refractivity contribution is 0.593. The van der Waals surface area contributed by atoms with Crippen LogP contribution in [0.25, 0.3) is 0 Å². The van der Waals surface area contributed by atoms with Crippen LogP contribution in [0.3, 0.4) is 0 Å². The van der Waals surface area contributed by atoms with Gasteiger partial charge in [0.25, 0.3) is 10.0 Å². The summed E-state index contributed by atoms with van der Waals surface area (Å²) in [7, 11) is -2.19. The number of nitrogens with zero attached hydrogens (tertiary/aromatic N) is 2. The van der Waals surface area contributed by atoms with Gasteiger partial charge in [0.05, 0.1) is 10.6 Å². The van der Waals surface area contributed by atoms with E-state index in [0.29, 0.717) is 16.8 Å². The van der Waals surface area contributed by atoms with E-state index in [0.717, 1.165) is 0 Å². The molecule has 1 heterocycles. The third kappa shape index (κ3) is 3.03. The second-order valence-corrected chi connectivity index (χ2v) is 6.90. The number of benzene rings is 1. The van der Waals surface area contributed by atoms with E-state index in [4.69, 9.17) is 18.0 Å². The summed E-state index contributed by atoms with van der Waals surface area (Å²) in [5.41, 5.74) is 7.27. The Kier molecular flexibility index (Phi) is 4.24. The molecule has 7 heteroatoms. The lowest BCUT2D eigenvalue weighted by atomic mass is 10.1. The Morgan fingerprint density at radius 2 is 1.86 bits per heavy atom. The van der Waals surface area contributed by atoms with Gasteiger partial charge in [0.15, 0.2) is 0 Å². The number of rotatable bonds is 4. The molecule has 0 radical (unpaired) electrons. The maximum atomic E-state index is 12.7. The van der Waals surface area contributed by atoms with Crippen LogP contribution in [0.5, 0.6) is 0 Å². The van der Waals surface area contributed by atoms with E-state index < -0.39 is 10.0 Å². The Bertz CT molecular complexity index is 774. The third-order valence-corrected chi connectivity index (χ3v) is 5.30. The molecule has 110 valence electrons. The van der Waals surface area contributed by atoms with Crippen molar-refractivity contribution < 1.29 is 8.42 Å². The van der Waals surface area contributed by atoms with Gasteiger partial charge in [-0.15, -0.1) is 0 Å². The Hall–Kier alpha value is -1.99. The molecule has 0 atom stereocenters. The molecule has 0 spiro atoms. The number of hydrogen-bond donors (Lipinski definition) is 1. The van der Waals surface area contributed by atoms with Crippen molar-refractivity contribution in [1.82, 2.24) is 4.98 Å². The number of nitrogens with two attached hydrogens (primary N) is 1. The largest absolute Gasteiger partial charge is 0.389 e. The van der Waals surface area contributed by atoms with Gasteiger partial charge >= 0.3 is 0 Å². The molecule has 21 heavy (non-hydrogen) atoms. The quantitative estimate of drug-likeness (QED) is 0.870. The molecule has 0 aliphatic rings. The molecule has 0 saturated heterocycles. The molecule has 2 aromatic rings. The average Bonchev–Trinajstić information content (AvgIpc) is 2.47. The maximum Gasteiger partial charge on any atom is 0.264 e. The predicted molar refractivity (Wildman–Crippen MR) is 86.9 cm³/mol. The molecule has 0 amide bonds. The molecule has 1 aromatic carbocycles. The minimum absolute atomic E-state index is 0.165. The Morgan fingerprint density at radius 3 is 2.43 bits per heavy atom. The van der Waals surface area contributed by atoms with Crippen LogP contribution in [0.15, 0.2) is 47.6 Å². The minimum Gasteiger partial charge on any atom is -0.389 e. The van der Waals surface area contributed by atoms with E-state index in [-0.39, 0.29) is 9.88 Å². The first-order valence-electron chi connectivity index (χ1n) is 6.13. The van der Waals surface area contributed by atoms with Crippen LogP contribution in [0.2, 0.25) is 0 Å². The molecular formula is C14H15N3O2S2. The molecule has 0 aliphatic carbocycles. The van der Waals surface area contributed by atoms with Gasteiger partial charge in [-0.25, -0.2) is 8.42 Å². The number of hydrogen-bond acceptors (Lipinski definition) is 4. The van der Waals surface area contributed by atoms with Crippen molar-refractivity contribution in [3.05, 3.63) is 53.9 Å². The summed E-state index contributed by atoms with van der Waals surface area (Å²) in [4.78, 5) is 4.23. The first-order valence-corrected chi connectivity index (χ1v) is 7.98. The number of pyridine rings is 1. The van der Waals surface area contributed by atoms with Gasteiger partial charge in [0.2, 0.25) is 0 Å². The van der Waals surface area contributed by atoms with Gasteiger partial charge in [-0.05, 0) is 30.7 Å².